The Morgan fingerprint density at radius 1 is 1.50 bits per heavy atom. The summed E-state index contributed by atoms with van der Waals surface area (Å²) in [5.74, 6) is -0.0288. The molecule has 0 heterocycles. The van der Waals surface area contributed by atoms with Gasteiger partial charge in [-0.1, -0.05) is 19.4 Å². The Balaban J connectivity index is 2.46. The zero-order chi connectivity index (χ0) is 13.4. The third kappa shape index (κ3) is 4.44. The van der Waals surface area contributed by atoms with Crippen LogP contribution in [0.3, 0.4) is 0 Å². The molecule has 0 aliphatic rings. The zero-order valence-corrected chi connectivity index (χ0v) is 10.6. The van der Waals surface area contributed by atoms with E-state index in [2.05, 4.69) is 12.2 Å². The number of nitriles is 1. The molecule has 0 saturated carbocycles. The first-order chi connectivity index (χ1) is 8.71. The fourth-order valence-electron chi connectivity index (χ4n) is 1.82. The van der Waals surface area contributed by atoms with Crippen LogP contribution in [-0.4, -0.2) is 18.3 Å². The van der Waals surface area contributed by atoms with Gasteiger partial charge >= 0.3 is 0 Å². The number of aliphatic hydroxyl groups is 1. The summed E-state index contributed by atoms with van der Waals surface area (Å²) in [6, 6.07) is 6.39. The minimum Gasteiger partial charge on any atom is -0.396 e. The molecule has 4 heteroatoms. The van der Waals surface area contributed by atoms with Crippen molar-refractivity contribution in [2.75, 3.05) is 13.2 Å². The molecule has 0 fully saturated rings. The molecule has 1 rings (SSSR count). The van der Waals surface area contributed by atoms with Gasteiger partial charge in [0.05, 0.1) is 5.56 Å². The maximum Gasteiger partial charge on any atom is 0.140 e. The first-order valence-corrected chi connectivity index (χ1v) is 6.21. The summed E-state index contributed by atoms with van der Waals surface area (Å²) in [5, 5.41) is 20.9. The molecule has 0 bridgehead atoms. The number of halogens is 1. The summed E-state index contributed by atoms with van der Waals surface area (Å²) in [4.78, 5) is 0. The maximum atomic E-state index is 13.1. The van der Waals surface area contributed by atoms with Crippen molar-refractivity contribution >= 4 is 0 Å². The van der Waals surface area contributed by atoms with E-state index in [-0.39, 0.29) is 12.2 Å². The summed E-state index contributed by atoms with van der Waals surface area (Å²) in [7, 11) is 0. The van der Waals surface area contributed by atoms with E-state index in [9.17, 15) is 4.39 Å². The molecule has 2 N–H and O–H groups in total. The minimum absolute atomic E-state index is 0.0803. The molecule has 0 saturated heterocycles. The molecule has 0 spiro atoms. The van der Waals surface area contributed by atoms with E-state index in [1.807, 2.05) is 6.07 Å². The fraction of sp³-hybridized carbons (Fsp3) is 0.500. The van der Waals surface area contributed by atoms with Crippen molar-refractivity contribution in [3.63, 3.8) is 0 Å². The van der Waals surface area contributed by atoms with Crippen molar-refractivity contribution < 1.29 is 9.50 Å². The van der Waals surface area contributed by atoms with Crippen molar-refractivity contribution in [3.05, 3.63) is 35.1 Å². The zero-order valence-electron chi connectivity index (χ0n) is 10.6. The highest BCUT2D eigenvalue weighted by Gasteiger charge is 2.06. The predicted molar refractivity (Wildman–Crippen MR) is 68.3 cm³/mol. The standard InChI is InChI=1S/C14H19FN2O/c1-2-11(5-6-18)9-17-10-12-3-4-14(15)13(7-12)8-16/h3-4,7,11,17-18H,2,5-6,9-10H2,1H3. The Hall–Kier alpha value is -1.44. The Kier molecular flexibility index (Phi) is 6.34. The van der Waals surface area contributed by atoms with Gasteiger partial charge in [-0.3, -0.25) is 0 Å². The van der Waals surface area contributed by atoms with Crippen LogP contribution in [0.5, 0.6) is 0 Å². The molecule has 0 radical (unpaired) electrons. The van der Waals surface area contributed by atoms with E-state index in [4.69, 9.17) is 10.4 Å². The van der Waals surface area contributed by atoms with E-state index in [1.54, 1.807) is 12.1 Å². The van der Waals surface area contributed by atoms with Crippen LogP contribution >= 0.6 is 0 Å². The predicted octanol–water partition coefficient (Wildman–Crippen LogP) is 2.20. The second-order valence-corrected chi connectivity index (χ2v) is 4.34. The molecule has 1 aromatic carbocycles. The average Bonchev–Trinajstić information content (AvgIpc) is 2.39. The Morgan fingerprint density at radius 3 is 2.89 bits per heavy atom. The van der Waals surface area contributed by atoms with Crippen LogP contribution in [0, 0.1) is 23.1 Å². The molecular weight excluding hydrogens is 231 g/mol. The van der Waals surface area contributed by atoms with Crippen molar-refractivity contribution in [2.45, 2.75) is 26.3 Å². The van der Waals surface area contributed by atoms with Gasteiger partial charge in [-0.2, -0.15) is 5.26 Å². The third-order valence-corrected chi connectivity index (χ3v) is 3.03. The Morgan fingerprint density at radius 2 is 2.28 bits per heavy atom. The number of rotatable bonds is 7. The van der Waals surface area contributed by atoms with E-state index in [0.29, 0.717) is 12.5 Å². The van der Waals surface area contributed by atoms with Gasteiger partial charge in [-0.15, -0.1) is 0 Å². The summed E-state index contributed by atoms with van der Waals surface area (Å²) in [5.41, 5.74) is 0.975. The maximum absolute atomic E-state index is 13.1. The SMILES string of the molecule is CCC(CCO)CNCc1ccc(F)c(C#N)c1. The Bertz CT molecular complexity index is 415. The first kappa shape index (κ1) is 14.6. The minimum atomic E-state index is -0.479. The van der Waals surface area contributed by atoms with Gasteiger partial charge in [0.25, 0.3) is 0 Å². The largest absolute Gasteiger partial charge is 0.396 e. The van der Waals surface area contributed by atoms with Crippen LogP contribution in [0.15, 0.2) is 18.2 Å². The average molecular weight is 250 g/mol. The topological polar surface area (TPSA) is 56.0 Å². The second kappa shape index (κ2) is 7.80. The highest BCUT2D eigenvalue weighted by molar-refractivity contribution is 5.34. The van der Waals surface area contributed by atoms with E-state index >= 15 is 0 Å². The highest BCUT2D eigenvalue weighted by atomic mass is 19.1. The summed E-state index contributed by atoms with van der Waals surface area (Å²) >= 11 is 0. The number of hydrogen-bond acceptors (Lipinski definition) is 3. The summed E-state index contributed by atoms with van der Waals surface area (Å²) < 4.78 is 13.1. The van der Waals surface area contributed by atoms with Crippen molar-refractivity contribution in [3.8, 4) is 6.07 Å². The fourth-order valence-corrected chi connectivity index (χ4v) is 1.82. The second-order valence-electron chi connectivity index (χ2n) is 4.34. The third-order valence-electron chi connectivity index (χ3n) is 3.03. The van der Waals surface area contributed by atoms with Gasteiger partial charge in [-0.25, -0.2) is 4.39 Å². The molecule has 0 aliphatic carbocycles. The molecule has 0 aromatic heterocycles. The monoisotopic (exact) mass is 250 g/mol. The van der Waals surface area contributed by atoms with Crippen LogP contribution in [0.1, 0.15) is 30.9 Å². The molecule has 1 unspecified atom stereocenters. The quantitative estimate of drug-likeness (QED) is 0.780. The van der Waals surface area contributed by atoms with Gasteiger partial charge in [0.1, 0.15) is 11.9 Å². The number of hydrogen-bond donors (Lipinski definition) is 2. The van der Waals surface area contributed by atoms with Crippen molar-refractivity contribution in [2.24, 2.45) is 5.92 Å². The molecular formula is C14H19FN2O. The Labute approximate surface area is 107 Å². The lowest BCUT2D eigenvalue weighted by Gasteiger charge is -2.14. The lowest BCUT2D eigenvalue weighted by molar-refractivity contribution is 0.251. The van der Waals surface area contributed by atoms with E-state index < -0.39 is 5.82 Å². The van der Waals surface area contributed by atoms with Crippen molar-refractivity contribution in [1.29, 1.82) is 5.26 Å². The molecule has 1 aromatic rings. The van der Waals surface area contributed by atoms with E-state index in [1.165, 1.54) is 6.07 Å². The molecule has 98 valence electrons. The van der Waals surface area contributed by atoms with Crippen molar-refractivity contribution in [1.82, 2.24) is 5.32 Å². The molecule has 1 atom stereocenters. The van der Waals surface area contributed by atoms with Crippen LogP contribution in [0.25, 0.3) is 0 Å². The smallest absolute Gasteiger partial charge is 0.140 e. The van der Waals surface area contributed by atoms with Crippen LogP contribution in [0.2, 0.25) is 0 Å². The van der Waals surface area contributed by atoms with Crippen LogP contribution in [0.4, 0.5) is 4.39 Å². The van der Waals surface area contributed by atoms with Crippen LogP contribution in [-0.2, 0) is 6.54 Å². The first-order valence-electron chi connectivity index (χ1n) is 6.21. The van der Waals surface area contributed by atoms with Gasteiger partial charge < -0.3 is 10.4 Å². The molecule has 18 heavy (non-hydrogen) atoms. The highest BCUT2D eigenvalue weighted by Crippen LogP contribution is 2.10. The molecule has 0 aliphatic heterocycles. The molecule has 0 amide bonds. The van der Waals surface area contributed by atoms with E-state index in [0.717, 1.165) is 24.9 Å². The summed E-state index contributed by atoms with van der Waals surface area (Å²) in [6.07, 6.45) is 1.80. The number of aliphatic hydroxyl groups excluding tert-OH is 1. The van der Waals surface area contributed by atoms with Crippen LogP contribution < -0.4 is 5.32 Å². The lowest BCUT2D eigenvalue weighted by Crippen LogP contribution is -2.23. The lowest BCUT2D eigenvalue weighted by atomic mass is 10.0. The van der Waals surface area contributed by atoms with Gasteiger partial charge in [0.15, 0.2) is 0 Å². The van der Waals surface area contributed by atoms with Gasteiger partial charge in [0.2, 0.25) is 0 Å². The molecule has 3 nitrogen and oxygen atoms in total. The number of nitrogens with one attached hydrogen (secondary N) is 1. The van der Waals surface area contributed by atoms with Gasteiger partial charge in [0, 0.05) is 13.2 Å². The number of benzene rings is 1. The van der Waals surface area contributed by atoms with Gasteiger partial charge in [-0.05, 0) is 36.6 Å². The summed E-state index contributed by atoms with van der Waals surface area (Å²) in [6.45, 7) is 3.72. The number of nitrogens with zero attached hydrogens (tertiary/aromatic N) is 1. The normalized spacial score (nSPS) is 12.1.